The Morgan fingerprint density at radius 2 is 0.800 bits per heavy atom. The Morgan fingerprint density at radius 1 is 0.400 bits per heavy atom. The predicted molar refractivity (Wildman–Crippen MR) is 190 cm³/mol. The number of halogens is 4. The minimum atomic E-state index is 1.07. The highest BCUT2D eigenvalue weighted by Gasteiger charge is 2.20. The van der Waals surface area contributed by atoms with E-state index in [2.05, 4.69) is 173 Å². The zero-order valence-electron chi connectivity index (χ0n) is 20.7. The molecule has 5 aromatic carbocycles. The summed E-state index contributed by atoms with van der Waals surface area (Å²) >= 11 is 19.4. The zero-order chi connectivity index (χ0) is 27.4. The van der Waals surface area contributed by atoms with Crippen LogP contribution in [0.2, 0.25) is 0 Å². The summed E-state index contributed by atoms with van der Waals surface area (Å²) in [5, 5.41) is 2.46. The summed E-state index contributed by atoms with van der Waals surface area (Å²) < 4.78 is 6.90. The molecule has 0 unspecified atom stereocenters. The van der Waals surface area contributed by atoms with Gasteiger partial charge in [-0.05, 0) is 90.5 Å². The lowest BCUT2D eigenvalue weighted by atomic mass is 10.0. The molecule has 0 aliphatic carbocycles. The molecule has 0 saturated heterocycles. The Labute approximate surface area is 274 Å². The van der Waals surface area contributed by atoms with Crippen LogP contribution in [0.5, 0.6) is 0 Å². The molecule has 0 aliphatic heterocycles. The first kappa shape index (κ1) is 26.8. The molecule has 2 heterocycles. The van der Waals surface area contributed by atoms with Crippen molar-refractivity contribution < 1.29 is 0 Å². The van der Waals surface area contributed by atoms with Crippen molar-refractivity contribution in [1.82, 2.24) is 0 Å². The largest absolute Gasteiger partial charge is 0.134 e. The average molecular weight is 810 g/mol. The maximum absolute atomic E-state index is 3.95. The molecule has 0 nitrogen and oxygen atoms in total. The minimum absolute atomic E-state index is 1.07. The summed E-state index contributed by atoms with van der Waals surface area (Å²) in [6.07, 6.45) is 0. The number of thiophene rings is 2. The first-order valence-electron chi connectivity index (χ1n) is 12.5. The Morgan fingerprint density at radius 3 is 1.20 bits per heavy atom. The van der Waals surface area contributed by atoms with Crippen LogP contribution in [0.15, 0.2) is 127 Å². The molecule has 7 rings (SSSR count). The first-order chi connectivity index (χ1) is 19.5. The number of hydrogen-bond donors (Lipinski definition) is 0. The van der Waals surface area contributed by atoms with Gasteiger partial charge in [-0.1, -0.05) is 105 Å². The van der Waals surface area contributed by atoms with Crippen LogP contribution in [0.3, 0.4) is 0 Å². The molecule has 2 aromatic heterocycles. The summed E-state index contributed by atoms with van der Waals surface area (Å²) in [5.74, 6) is 0. The van der Waals surface area contributed by atoms with E-state index in [1.165, 1.54) is 52.2 Å². The Balaban J connectivity index is 1.30. The number of rotatable bonds is 4. The van der Waals surface area contributed by atoms with E-state index in [9.17, 15) is 0 Å². The highest BCUT2D eigenvalue weighted by Crippen LogP contribution is 2.50. The summed E-state index contributed by atoms with van der Waals surface area (Å²) in [4.78, 5) is 2.42. The normalized spacial score (nSPS) is 11.5. The van der Waals surface area contributed by atoms with E-state index in [4.69, 9.17) is 0 Å². The van der Waals surface area contributed by atoms with E-state index < -0.39 is 0 Å². The Bertz CT molecular complexity index is 1890. The third-order valence-electron chi connectivity index (χ3n) is 7.02. The standard InChI is InChI=1S/C34H18Br4S2/c35-27-18-24(34-32(38)26-16-22(12-14-30(26)40-34)20-9-5-2-6-10-20)28(36)17-23(27)33-31(37)25-15-21(11-13-29(25)39-33)19-7-3-1-4-8-19/h1-18H. The van der Waals surface area contributed by atoms with E-state index in [0.29, 0.717) is 0 Å². The molecule has 6 heteroatoms. The monoisotopic (exact) mass is 806 g/mol. The van der Waals surface area contributed by atoms with Crippen LogP contribution in [0.4, 0.5) is 0 Å². The lowest BCUT2D eigenvalue weighted by molar-refractivity contribution is 1.59. The van der Waals surface area contributed by atoms with Crippen molar-refractivity contribution in [3.63, 3.8) is 0 Å². The molecule has 194 valence electrons. The van der Waals surface area contributed by atoms with Crippen LogP contribution in [-0.2, 0) is 0 Å². The Kier molecular flexibility index (Phi) is 7.36. The van der Waals surface area contributed by atoms with Crippen LogP contribution in [0.1, 0.15) is 0 Å². The second-order valence-corrected chi connectivity index (χ2v) is 14.9. The molecule has 0 amide bonds. The smallest absolute Gasteiger partial charge is 0.0509 e. The predicted octanol–water partition coefficient (Wildman–Crippen LogP) is 13.8. The van der Waals surface area contributed by atoms with Crippen molar-refractivity contribution >= 4 is 107 Å². The SMILES string of the molecule is Brc1cc(-c2sc3ccc(-c4ccccc4)cc3c2Br)c(Br)cc1-c1sc2ccc(-c3ccccc3)cc2c1Br. The van der Waals surface area contributed by atoms with Crippen molar-refractivity contribution in [2.45, 2.75) is 0 Å². The zero-order valence-corrected chi connectivity index (χ0v) is 28.7. The van der Waals surface area contributed by atoms with Crippen molar-refractivity contribution in [2.75, 3.05) is 0 Å². The number of fused-ring (bicyclic) bond motifs is 2. The summed E-state index contributed by atoms with van der Waals surface area (Å²) in [7, 11) is 0. The van der Waals surface area contributed by atoms with E-state index in [1.807, 2.05) is 22.7 Å². The van der Waals surface area contributed by atoms with Crippen molar-refractivity contribution in [1.29, 1.82) is 0 Å². The van der Waals surface area contributed by atoms with E-state index in [1.54, 1.807) is 0 Å². The van der Waals surface area contributed by atoms with Gasteiger partial charge in [0.2, 0.25) is 0 Å². The van der Waals surface area contributed by atoms with E-state index in [0.717, 1.165) is 29.0 Å². The molecule has 7 aromatic rings. The second kappa shape index (κ2) is 11.0. The molecule has 0 spiro atoms. The molecule has 0 aliphatic rings. The minimum Gasteiger partial charge on any atom is -0.134 e. The number of benzene rings is 5. The van der Waals surface area contributed by atoms with Crippen LogP contribution >= 0.6 is 86.4 Å². The van der Waals surface area contributed by atoms with Crippen LogP contribution in [0.25, 0.3) is 63.3 Å². The second-order valence-electron chi connectivity index (χ2n) is 9.46. The van der Waals surface area contributed by atoms with Gasteiger partial charge in [-0.25, -0.2) is 0 Å². The van der Waals surface area contributed by atoms with Crippen molar-refractivity contribution in [3.8, 4) is 43.1 Å². The maximum atomic E-state index is 3.95. The van der Waals surface area contributed by atoms with Gasteiger partial charge in [0.1, 0.15) is 0 Å². The van der Waals surface area contributed by atoms with Crippen LogP contribution in [-0.4, -0.2) is 0 Å². The lowest BCUT2D eigenvalue weighted by Crippen LogP contribution is -1.83. The average Bonchev–Trinajstić information content (AvgIpc) is 3.50. The van der Waals surface area contributed by atoms with Gasteiger partial charge in [0.05, 0.1) is 9.75 Å². The fourth-order valence-electron chi connectivity index (χ4n) is 5.00. The van der Waals surface area contributed by atoms with Gasteiger partial charge in [-0.2, -0.15) is 0 Å². The van der Waals surface area contributed by atoms with E-state index in [-0.39, 0.29) is 0 Å². The molecule has 0 N–H and O–H groups in total. The van der Waals surface area contributed by atoms with Crippen molar-refractivity contribution in [2.24, 2.45) is 0 Å². The van der Waals surface area contributed by atoms with Gasteiger partial charge in [0.15, 0.2) is 0 Å². The number of hydrogen-bond acceptors (Lipinski definition) is 2. The quantitative estimate of drug-likeness (QED) is 0.166. The van der Waals surface area contributed by atoms with Gasteiger partial charge < -0.3 is 0 Å². The molecule has 0 fully saturated rings. The van der Waals surface area contributed by atoms with E-state index >= 15 is 0 Å². The lowest BCUT2D eigenvalue weighted by Gasteiger charge is -2.10. The molecule has 0 saturated carbocycles. The summed E-state index contributed by atoms with van der Waals surface area (Å²) in [5.41, 5.74) is 7.21. The van der Waals surface area contributed by atoms with Crippen LogP contribution < -0.4 is 0 Å². The highest BCUT2D eigenvalue weighted by atomic mass is 79.9. The topological polar surface area (TPSA) is 0 Å². The van der Waals surface area contributed by atoms with Gasteiger partial charge in [0.25, 0.3) is 0 Å². The fourth-order valence-corrected chi connectivity index (χ4v) is 10.4. The highest BCUT2D eigenvalue weighted by molar-refractivity contribution is 9.11. The third kappa shape index (κ3) is 4.77. The van der Waals surface area contributed by atoms with Gasteiger partial charge >= 0.3 is 0 Å². The van der Waals surface area contributed by atoms with Gasteiger partial charge in [-0.3, -0.25) is 0 Å². The molecular formula is C34H18Br4S2. The molecule has 40 heavy (non-hydrogen) atoms. The third-order valence-corrected chi connectivity index (χ3v) is 12.9. The van der Waals surface area contributed by atoms with Gasteiger partial charge in [0, 0.05) is 49.2 Å². The van der Waals surface area contributed by atoms with Gasteiger partial charge in [-0.15, -0.1) is 22.7 Å². The summed E-state index contributed by atoms with van der Waals surface area (Å²) in [6, 6.07) is 39.0. The maximum Gasteiger partial charge on any atom is 0.0509 e. The van der Waals surface area contributed by atoms with Crippen molar-refractivity contribution in [3.05, 3.63) is 127 Å². The molecular weight excluding hydrogens is 792 g/mol. The molecule has 0 atom stereocenters. The first-order valence-corrected chi connectivity index (χ1v) is 17.3. The van der Waals surface area contributed by atoms with Crippen LogP contribution in [0, 0.1) is 0 Å². The summed E-state index contributed by atoms with van der Waals surface area (Å²) in [6.45, 7) is 0. The fraction of sp³-hybridized carbons (Fsp3) is 0. The Hall–Kier alpha value is -2.06. The molecule has 0 radical (unpaired) electrons. The molecule has 0 bridgehead atoms.